The zero-order valence-electron chi connectivity index (χ0n) is 11.7. The summed E-state index contributed by atoms with van der Waals surface area (Å²) >= 11 is 0. The molecule has 0 bridgehead atoms. The molecule has 0 spiro atoms. The third kappa shape index (κ3) is 3.22. The number of anilines is 1. The predicted octanol–water partition coefficient (Wildman–Crippen LogP) is 2.20. The van der Waals surface area contributed by atoms with Gasteiger partial charge in [0.1, 0.15) is 11.5 Å². The molecule has 0 saturated carbocycles. The number of hydrogen-bond acceptors (Lipinski definition) is 6. The SMILES string of the molecule is Cc1nccc(-c2noc(CCc3cccc(N)c3)n2)n1. The van der Waals surface area contributed by atoms with Gasteiger partial charge in [-0.25, -0.2) is 9.97 Å². The minimum Gasteiger partial charge on any atom is -0.399 e. The van der Waals surface area contributed by atoms with Gasteiger partial charge in [-0.2, -0.15) is 4.98 Å². The Labute approximate surface area is 122 Å². The van der Waals surface area contributed by atoms with Crippen LogP contribution < -0.4 is 5.73 Å². The molecule has 0 unspecified atom stereocenters. The molecule has 0 aliphatic rings. The first kappa shape index (κ1) is 13.2. The fraction of sp³-hybridized carbons (Fsp3) is 0.200. The molecule has 2 aromatic heterocycles. The number of nitrogens with zero attached hydrogens (tertiary/aromatic N) is 4. The first-order valence-corrected chi connectivity index (χ1v) is 6.68. The molecule has 0 saturated heterocycles. The van der Waals surface area contributed by atoms with Crippen molar-refractivity contribution in [1.82, 2.24) is 20.1 Å². The normalized spacial score (nSPS) is 10.7. The summed E-state index contributed by atoms with van der Waals surface area (Å²) < 4.78 is 5.26. The minimum atomic E-state index is 0.489. The summed E-state index contributed by atoms with van der Waals surface area (Å²) in [6.07, 6.45) is 3.15. The highest BCUT2D eigenvalue weighted by molar-refractivity contribution is 5.47. The smallest absolute Gasteiger partial charge is 0.227 e. The number of benzene rings is 1. The van der Waals surface area contributed by atoms with Crippen LogP contribution in [-0.4, -0.2) is 20.1 Å². The maximum absolute atomic E-state index is 5.76. The van der Waals surface area contributed by atoms with Gasteiger partial charge in [0.25, 0.3) is 0 Å². The van der Waals surface area contributed by atoms with Crippen molar-refractivity contribution in [3.8, 4) is 11.5 Å². The van der Waals surface area contributed by atoms with Gasteiger partial charge >= 0.3 is 0 Å². The van der Waals surface area contributed by atoms with E-state index >= 15 is 0 Å². The summed E-state index contributed by atoms with van der Waals surface area (Å²) in [6, 6.07) is 9.55. The lowest BCUT2D eigenvalue weighted by Gasteiger charge is -1.99. The first-order chi connectivity index (χ1) is 10.2. The number of aromatic nitrogens is 4. The monoisotopic (exact) mass is 281 g/mol. The van der Waals surface area contributed by atoms with Crippen LogP contribution in [0.25, 0.3) is 11.5 Å². The second kappa shape index (κ2) is 5.70. The summed E-state index contributed by atoms with van der Waals surface area (Å²) in [5.41, 5.74) is 8.33. The van der Waals surface area contributed by atoms with Crippen LogP contribution in [0, 0.1) is 6.92 Å². The van der Waals surface area contributed by atoms with E-state index in [2.05, 4.69) is 20.1 Å². The average molecular weight is 281 g/mol. The Kier molecular flexibility index (Phi) is 3.59. The van der Waals surface area contributed by atoms with Crippen LogP contribution in [0.15, 0.2) is 41.1 Å². The van der Waals surface area contributed by atoms with E-state index in [-0.39, 0.29) is 0 Å². The molecule has 21 heavy (non-hydrogen) atoms. The van der Waals surface area contributed by atoms with Gasteiger partial charge in [-0.3, -0.25) is 0 Å². The Hall–Kier alpha value is -2.76. The van der Waals surface area contributed by atoms with E-state index in [0.717, 1.165) is 17.7 Å². The molecule has 0 radical (unpaired) electrons. The highest BCUT2D eigenvalue weighted by Gasteiger charge is 2.10. The molecule has 106 valence electrons. The number of nitrogens with two attached hydrogens (primary N) is 1. The predicted molar refractivity (Wildman–Crippen MR) is 78.3 cm³/mol. The molecule has 0 aliphatic heterocycles. The van der Waals surface area contributed by atoms with Crippen LogP contribution in [0.4, 0.5) is 5.69 Å². The van der Waals surface area contributed by atoms with Gasteiger partial charge < -0.3 is 10.3 Å². The molecule has 0 fully saturated rings. The quantitative estimate of drug-likeness (QED) is 0.737. The molecule has 6 nitrogen and oxygen atoms in total. The lowest BCUT2D eigenvalue weighted by molar-refractivity contribution is 0.378. The summed E-state index contributed by atoms with van der Waals surface area (Å²) in [5.74, 6) is 1.75. The maximum atomic E-state index is 5.76. The average Bonchev–Trinajstić information content (AvgIpc) is 2.94. The lowest BCUT2D eigenvalue weighted by Crippen LogP contribution is -1.94. The molecule has 0 aliphatic carbocycles. The largest absolute Gasteiger partial charge is 0.399 e. The molecule has 3 rings (SSSR count). The van der Waals surface area contributed by atoms with Crippen LogP contribution in [0.3, 0.4) is 0 Å². The van der Waals surface area contributed by atoms with Crippen molar-refractivity contribution in [2.45, 2.75) is 19.8 Å². The van der Waals surface area contributed by atoms with E-state index in [0.29, 0.717) is 29.7 Å². The maximum Gasteiger partial charge on any atom is 0.227 e. The topological polar surface area (TPSA) is 90.7 Å². The third-order valence-corrected chi connectivity index (χ3v) is 3.05. The first-order valence-electron chi connectivity index (χ1n) is 6.68. The number of nitrogen functional groups attached to an aromatic ring is 1. The van der Waals surface area contributed by atoms with Gasteiger partial charge in [-0.05, 0) is 37.1 Å². The Bertz CT molecular complexity index is 753. The fourth-order valence-corrected chi connectivity index (χ4v) is 2.04. The van der Waals surface area contributed by atoms with Gasteiger partial charge in [0.2, 0.25) is 11.7 Å². The molecule has 3 aromatic rings. The zero-order chi connectivity index (χ0) is 14.7. The second-order valence-corrected chi connectivity index (χ2v) is 4.75. The summed E-state index contributed by atoms with van der Waals surface area (Å²) in [6.45, 7) is 1.82. The Balaban J connectivity index is 1.71. The van der Waals surface area contributed by atoms with Crippen molar-refractivity contribution in [2.75, 3.05) is 5.73 Å². The van der Waals surface area contributed by atoms with Crippen LogP contribution in [0.2, 0.25) is 0 Å². The molecule has 2 N–H and O–H groups in total. The molecular weight excluding hydrogens is 266 g/mol. The lowest BCUT2D eigenvalue weighted by atomic mass is 10.1. The second-order valence-electron chi connectivity index (χ2n) is 4.75. The highest BCUT2D eigenvalue weighted by Crippen LogP contribution is 2.14. The Morgan fingerprint density at radius 3 is 2.86 bits per heavy atom. The van der Waals surface area contributed by atoms with Crippen LogP contribution in [0.1, 0.15) is 17.3 Å². The molecule has 0 amide bonds. The van der Waals surface area contributed by atoms with E-state index in [4.69, 9.17) is 10.3 Å². The minimum absolute atomic E-state index is 0.489. The number of rotatable bonds is 4. The van der Waals surface area contributed by atoms with Gasteiger partial charge in [0.05, 0.1) is 0 Å². The van der Waals surface area contributed by atoms with Crippen LogP contribution in [-0.2, 0) is 12.8 Å². The van der Waals surface area contributed by atoms with Gasteiger partial charge in [0.15, 0.2) is 0 Å². The standard InChI is InChI=1S/C15H15N5O/c1-10-17-8-7-13(18-10)15-19-14(21-20-15)6-5-11-3-2-4-12(16)9-11/h2-4,7-9H,5-6,16H2,1H3. The van der Waals surface area contributed by atoms with Crippen molar-refractivity contribution in [3.63, 3.8) is 0 Å². The van der Waals surface area contributed by atoms with E-state index in [1.165, 1.54) is 0 Å². The molecule has 2 heterocycles. The Morgan fingerprint density at radius 2 is 2.05 bits per heavy atom. The van der Waals surface area contributed by atoms with E-state index in [9.17, 15) is 0 Å². The molecular formula is C15H15N5O. The van der Waals surface area contributed by atoms with E-state index < -0.39 is 0 Å². The van der Waals surface area contributed by atoms with Crippen molar-refractivity contribution in [3.05, 3.63) is 53.8 Å². The van der Waals surface area contributed by atoms with Crippen molar-refractivity contribution < 1.29 is 4.52 Å². The molecule has 0 atom stereocenters. The zero-order valence-corrected chi connectivity index (χ0v) is 11.7. The van der Waals surface area contributed by atoms with Crippen molar-refractivity contribution in [2.24, 2.45) is 0 Å². The van der Waals surface area contributed by atoms with Gasteiger partial charge in [-0.15, -0.1) is 0 Å². The van der Waals surface area contributed by atoms with E-state index in [1.54, 1.807) is 12.3 Å². The summed E-state index contributed by atoms with van der Waals surface area (Å²) in [7, 11) is 0. The van der Waals surface area contributed by atoms with Gasteiger partial charge in [0, 0.05) is 18.3 Å². The van der Waals surface area contributed by atoms with E-state index in [1.807, 2.05) is 31.2 Å². The summed E-state index contributed by atoms with van der Waals surface area (Å²) in [4.78, 5) is 12.7. The highest BCUT2D eigenvalue weighted by atomic mass is 16.5. The van der Waals surface area contributed by atoms with Gasteiger partial charge in [-0.1, -0.05) is 17.3 Å². The summed E-state index contributed by atoms with van der Waals surface area (Å²) in [5, 5.41) is 3.96. The molecule has 6 heteroatoms. The fourth-order valence-electron chi connectivity index (χ4n) is 2.04. The number of aryl methyl sites for hydroxylation is 3. The Morgan fingerprint density at radius 1 is 1.14 bits per heavy atom. The number of hydrogen-bond donors (Lipinski definition) is 1. The van der Waals surface area contributed by atoms with Crippen LogP contribution in [0.5, 0.6) is 0 Å². The van der Waals surface area contributed by atoms with Crippen molar-refractivity contribution >= 4 is 5.69 Å². The van der Waals surface area contributed by atoms with Crippen LogP contribution >= 0.6 is 0 Å². The molecule has 1 aromatic carbocycles. The van der Waals surface area contributed by atoms with Crippen molar-refractivity contribution in [1.29, 1.82) is 0 Å². The third-order valence-electron chi connectivity index (χ3n) is 3.05.